The molecule has 0 aromatic heterocycles. The maximum Gasteiger partial charge on any atom is 0.414 e. The summed E-state index contributed by atoms with van der Waals surface area (Å²) in [6.07, 6.45) is 1.04. The molecule has 1 heterocycles. The Morgan fingerprint density at radius 2 is 1.45 bits per heavy atom. The van der Waals surface area contributed by atoms with Crippen molar-refractivity contribution in [3.05, 3.63) is 88.9 Å². The second-order valence-electron chi connectivity index (χ2n) is 7.17. The Balaban J connectivity index is 0.000000454. The number of halogens is 1. The maximum atomic E-state index is 9.10. The molecule has 3 aromatic rings. The van der Waals surface area contributed by atoms with Crippen molar-refractivity contribution in [2.24, 2.45) is 4.99 Å². The maximum absolute atomic E-state index is 9.10. The molecule has 0 amide bonds. The predicted octanol–water partition coefficient (Wildman–Crippen LogP) is 4.73. The second kappa shape index (κ2) is 11.3. The highest BCUT2D eigenvalue weighted by molar-refractivity contribution is 6.36. The Kier molecular flexibility index (Phi) is 8.18. The van der Waals surface area contributed by atoms with Crippen LogP contribution in [0.2, 0.25) is 5.02 Å². The van der Waals surface area contributed by atoms with E-state index in [1.807, 2.05) is 37.4 Å². The molecule has 0 unspecified atom stereocenters. The Morgan fingerprint density at radius 3 is 2.09 bits per heavy atom. The van der Waals surface area contributed by atoms with Gasteiger partial charge in [-0.1, -0.05) is 60.1 Å². The van der Waals surface area contributed by atoms with Gasteiger partial charge in [0.25, 0.3) is 0 Å². The number of hydrogen-bond acceptors (Lipinski definition) is 5. The number of fused-ring (bicyclic) bond motifs is 2. The highest BCUT2D eigenvalue weighted by Crippen LogP contribution is 2.41. The molecular weight excluding hydrogens is 442 g/mol. The van der Waals surface area contributed by atoms with Crippen molar-refractivity contribution in [3.8, 4) is 0 Å². The number of para-hydroxylation sites is 3. The van der Waals surface area contributed by atoms with Gasteiger partial charge in [0.2, 0.25) is 0 Å². The second-order valence-corrected chi connectivity index (χ2v) is 7.57. The number of anilines is 2. The molecule has 7 nitrogen and oxygen atoms in total. The molecule has 0 spiro atoms. The Labute approximate surface area is 197 Å². The van der Waals surface area contributed by atoms with Crippen LogP contribution in [-0.4, -0.2) is 48.0 Å². The van der Waals surface area contributed by atoms with Gasteiger partial charge in [0.1, 0.15) is 0 Å². The molecule has 3 aromatic carbocycles. The quantitative estimate of drug-likeness (QED) is 0.372. The van der Waals surface area contributed by atoms with Crippen molar-refractivity contribution in [2.75, 3.05) is 25.0 Å². The lowest BCUT2D eigenvalue weighted by Gasteiger charge is -2.26. The minimum Gasteiger partial charge on any atom is -0.473 e. The highest BCUT2D eigenvalue weighted by Gasteiger charge is 2.24. The fourth-order valence-corrected chi connectivity index (χ4v) is 3.75. The van der Waals surface area contributed by atoms with Gasteiger partial charge in [0, 0.05) is 22.7 Å². The van der Waals surface area contributed by atoms with Crippen molar-refractivity contribution in [1.82, 2.24) is 5.32 Å². The minimum atomic E-state index is -1.82. The van der Waals surface area contributed by atoms with Gasteiger partial charge >= 0.3 is 11.9 Å². The van der Waals surface area contributed by atoms with Crippen LogP contribution in [-0.2, 0) is 9.59 Å². The zero-order valence-electron chi connectivity index (χ0n) is 18.0. The number of aliphatic carboxylic acids is 2. The zero-order valence-corrected chi connectivity index (χ0v) is 18.8. The molecule has 1 aliphatic rings. The lowest BCUT2D eigenvalue weighted by molar-refractivity contribution is -0.159. The molecule has 0 fully saturated rings. The molecule has 0 bridgehead atoms. The average Bonchev–Trinajstić information content (AvgIpc) is 2.95. The van der Waals surface area contributed by atoms with E-state index in [0.717, 1.165) is 53.4 Å². The fourth-order valence-electron chi connectivity index (χ4n) is 3.52. The summed E-state index contributed by atoms with van der Waals surface area (Å²) >= 11 is 6.54. The van der Waals surface area contributed by atoms with E-state index in [4.69, 9.17) is 36.4 Å². The summed E-state index contributed by atoms with van der Waals surface area (Å²) in [5.74, 6) is -3.65. The molecule has 1 aliphatic heterocycles. The molecule has 33 heavy (non-hydrogen) atoms. The molecule has 0 radical (unpaired) electrons. The number of carboxylic acids is 2. The predicted molar refractivity (Wildman–Crippen MR) is 130 cm³/mol. The van der Waals surface area contributed by atoms with Gasteiger partial charge < -0.3 is 20.4 Å². The zero-order chi connectivity index (χ0) is 23.8. The van der Waals surface area contributed by atoms with Crippen LogP contribution in [0.5, 0.6) is 0 Å². The van der Waals surface area contributed by atoms with Crippen LogP contribution >= 0.6 is 11.6 Å². The van der Waals surface area contributed by atoms with Crippen molar-refractivity contribution in [3.63, 3.8) is 0 Å². The number of nitrogens with zero attached hydrogens (tertiary/aromatic N) is 2. The van der Waals surface area contributed by atoms with Crippen molar-refractivity contribution in [1.29, 1.82) is 0 Å². The van der Waals surface area contributed by atoms with Crippen LogP contribution in [0.1, 0.15) is 17.5 Å². The standard InChI is InChI=1S/C23H22ClN3.C2H2O4/c1-25-15-8-16-27-21-13-6-3-10-18(21)23(17-9-2-4-11-19(17)24)26-20-12-5-7-14-22(20)27;3-1(4)2(5)6/h2-7,9-14,25H,8,15-16H2,1H3;(H,3,4)(H,5,6). The first-order valence-electron chi connectivity index (χ1n) is 10.3. The van der Waals surface area contributed by atoms with Crippen LogP contribution in [0.25, 0.3) is 0 Å². The number of carboxylic acid groups (broad SMARTS) is 2. The van der Waals surface area contributed by atoms with E-state index in [1.165, 1.54) is 0 Å². The number of carbonyl (C=O) groups is 2. The lowest BCUT2D eigenvalue weighted by Crippen LogP contribution is -2.23. The monoisotopic (exact) mass is 465 g/mol. The van der Waals surface area contributed by atoms with Gasteiger partial charge in [-0.2, -0.15) is 0 Å². The van der Waals surface area contributed by atoms with E-state index in [0.29, 0.717) is 5.02 Å². The van der Waals surface area contributed by atoms with E-state index in [-0.39, 0.29) is 0 Å². The number of rotatable bonds is 5. The molecule has 170 valence electrons. The minimum absolute atomic E-state index is 0.715. The number of aliphatic imine (C=N–C) groups is 1. The van der Waals surface area contributed by atoms with E-state index in [1.54, 1.807) is 0 Å². The third-order valence-electron chi connectivity index (χ3n) is 4.98. The van der Waals surface area contributed by atoms with Crippen LogP contribution < -0.4 is 10.2 Å². The summed E-state index contributed by atoms with van der Waals surface area (Å²) in [6, 6.07) is 24.7. The molecule has 8 heteroatoms. The first-order chi connectivity index (χ1) is 15.9. The van der Waals surface area contributed by atoms with Gasteiger partial charge in [-0.25, -0.2) is 14.6 Å². The number of hydrogen-bond donors (Lipinski definition) is 3. The van der Waals surface area contributed by atoms with Crippen LogP contribution in [0.4, 0.5) is 17.1 Å². The summed E-state index contributed by atoms with van der Waals surface area (Å²) in [6.45, 7) is 1.89. The molecule has 0 aliphatic carbocycles. The van der Waals surface area contributed by atoms with Gasteiger partial charge in [0.05, 0.1) is 22.8 Å². The summed E-state index contributed by atoms with van der Waals surface area (Å²) in [4.78, 5) is 25.6. The van der Waals surface area contributed by atoms with Crippen LogP contribution in [0.15, 0.2) is 77.8 Å². The summed E-state index contributed by atoms with van der Waals surface area (Å²) in [5, 5.41) is 18.7. The average molecular weight is 466 g/mol. The van der Waals surface area contributed by atoms with Gasteiger partial charge in [0.15, 0.2) is 0 Å². The largest absolute Gasteiger partial charge is 0.473 e. The van der Waals surface area contributed by atoms with Crippen molar-refractivity contribution < 1.29 is 19.8 Å². The fraction of sp³-hybridized carbons (Fsp3) is 0.160. The third kappa shape index (κ3) is 5.77. The third-order valence-corrected chi connectivity index (χ3v) is 5.30. The number of benzene rings is 3. The van der Waals surface area contributed by atoms with E-state index in [9.17, 15) is 0 Å². The molecule has 0 saturated carbocycles. The van der Waals surface area contributed by atoms with Crippen LogP contribution in [0, 0.1) is 0 Å². The Morgan fingerprint density at radius 1 is 0.879 bits per heavy atom. The smallest absolute Gasteiger partial charge is 0.414 e. The van der Waals surface area contributed by atoms with E-state index >= 15 is 0 Å². The molecule has 0 saturated heterocycles. The van der Waals surface area contributed by atoms with Crippen molar-refractivity contribution >= 4 is 46.3 Å². The summed E-state index contributed by atoms with van der Waals surface area (Å²) in [5.41, 5.74) is 6.23. The summed E-state index contributed by atoms with van der Waals surface area (Å²) < 4.78 is 0. The molecular formula is C25H24ClN3O4. The first-order valence-corrected chi connectivity index (χ1v) is 10.7. The van der Waals surface area contributed by atoms with E-state index < -0.39 is 11.9 Å². The normalized spacial score (nSPS) is 11.8. The Bertz CT molecular complexity index is 1170. The van der Waals surface area contributed by atoms with Gasteiger partial charge in [-0.15, -0.1) is 0 Å². The molecule has 0 atom stereocenters. The molecule has 4 rings (SSSR count). The SMILES string of the molecule is CNCCCN1c2ccccc2N=C(c2ccccc2Cl)c2ccccc21.O=C(O)C(=O)O. The van der Waals surface area contributed by atoms with Gasteiger partial charge in [-0.3, -0.25) is 0 Å². The summed E-state index contributed by atoms with van der Waals surface area (Å²) in [7, 11) is 1.99. The highest BCUT2D eigenvalue weighted by atomic mass is 35.5. The topological polar surface area (TPSA) is 102 Å². The first kappa shape index (κ1) is 24.0. The van der Waals surface area contributed by atoms with Gasteiger partial charge in [-0.05, 0) is 44.3 Å². The van der Waals surface area contributed by atoms with E-state index in [2.05, 4.69) is 52.7 Å². The molecule has 3 N–H and O–H groups in total. The number of nitrogens with one attached hydrogen (secondary N) is 1. The Hall–Kier alpha value is -3.68. The van der Waals surface area contributed by atoms with Crippen molar-refractivity contribution in [2.45, 2.75) is 6.42 Å². The lowest BCUT2D eigenvalue weighted by atomic mass is 10.00. The van der Waals surface area contributed by atoms with Crippen LogP contribution in [0.3, 0.4) is 0 Å².